The van der Waals surface area contributed by atoms with Gasteiger partial charge in [0.2, 0.25) is 5.43 Å². The van der Waals surface area contributed by atoms with Gasteiger partial charge in [-0.05, 0) is 6.92 Å². The van der Waals surface area contributed by atoms with Gasteiger partial charge < -0.3 is 9.67 Å². The molecule has 0 saturated carbocycles. The summed E-state index contributed by atoms with van der Waals surface area (Å²) in [5.41, 5.74) is 0.267. The Bertz CT molecular complexity index is 306. The van der Waals surface area contributed by atoms with E-state index in [0.29, 0.717) is 5.69 Å². The fourth-order valence-corrected chi connectivity index (χ4v) is 0.716. The number of hydrogen-bond acceptors (Lipinski definition) is 2. The molecule has 0 amide bonds. The van der Waals surface area contributed by atoms with Gasteiger partial charge in [-0.3, -0.25) is 4.79 Å². The van der Waals surface area contributed by atoms with Crippen molar-refractivity contribution in [2.45, 2.75) is 6.92 Å². The molecule has 1 rings (SSSR count). The van der Waals surface area contributed by atoms with Crippen molar-refractivity contribution in [1.29, 1.82) is 0 Å². The van der Waals surface area contributed by atoms with Crippen LogP contribution in [0.3, 0.4) is 0 Å². The molecule has 0 bridgehead atoms. The normalized spacial score (nSPS) is 8.91. The van der Waals surface area contributed by atoms with Gasteiger partial charge in [-0.15, -0.1) is 0 Å². The molecule has 0 saturated heterocycles. The molecule has 0 unspecified atom stereocenters. The van der Waals surface area contributed by atoms with Crippen molar-refractivity contribution >= 4 is 0 Å². The Morgan fingerprint density at radius 1 is 1.55 bits per heavy atom. The minimum Gasteiger partial charge on any atom is -0.503 e. The van der Waals surface area contributed by atoms with E-state index >= 15 is 0 Å². The molecule has 1 aromatic rings. The summed E-state index contributed by atoms with van der Waals surface area (Å²) in [6.07, 6.45) is 1.62. The van der Waals surface area contributed by atoms with Crippen LogP contribution in [0.2, 0.25) is 0 Å². The summed E-state index contributed by atoms with van der Waals surface area (Å²) in [4.78, 5) is 10.7. The van der Waals surface area contributed by atoms with Gasteiger partial charge in [0.25, 0.3) is 0 Å². The van der Waals surface area contributed by atoms with Crippen LogP contribution in [0.15, 0.2) is 17.1 Å². The number of aryl methyl sites for hydroxylation is 1. The Morgan fingerprint density at radius 3 is 2.55 bits per heavy atom. The third-order valence-corrected chi connectivity index (χ3v) is 1.55. The summed E-state index contributed by atoms with van der Waals surface area (Å²) >= 11 is 0. The molecule has 11 heavy (non-hydrogen) atoms. The Balaban J connectivity index is 0.000001000. The van der Waals surface area contributed by atoms with Gasteiger partial charge in [0.05, 0.1) is 5.69 Å². The molecule has 0 aliphatic carbocycles. The number of nitrogens with zero attached hydrogens (tertiary/aromatic N) is 1. The zero-order valence-corrected chi connectivity index (χ0v) is 9.63. The first-order valence-corrected chi connectivity index (χ1v) is 2.98. The monoisotopic (exact) mass is 203 g/mol. The van der Waals surface area contributed by atoms with Crippen molar-refractivity contribution in [3.05, 3.63) is 28.2 Å². The van der Waals surface area contributed by atoms with Crippen LogP contribution in [0.5, 0.6) is 5.75 Å². The second kappa shape index (κ2) is 3.67. The van der Waals surface area contributed by atoms with Crippen LogP contribution in [-0.2, 0) is 26.5 Å². The first-order valence-electron chi connectivity index (χ1n) is 2.98. The predicted octanol–water partition coefficient (Wildman–Crippen LogP) is 0.397. The average Bonchev–Trinajstić information content (AvgIpc) is 1.93. The Labute approximate surface area is 77.4 Å². The molecule has 0 fully saturated rings. The van der Waals surface area contributed by atoms with Crippen LogP contribution < -0.4 is 5.43 Å². The number of rotatable bonds is 0. The van der Waals surface area contributed by atoms with Gasteiger partial charge in [0, 0.05) is 38.8 Å². The largest absolute Gasteiger partial charge is 0.503 e. The Morgan fingerprint density at radius 2 is 2.09 bits per heavy atom. The number of hydrogen-bond donors (Lipinski definition) is 1. The molecule has 0 spiro atoms. The van der Waals surface area contributed by atoms with Gasteiger partial charge in [0.1, 0.15) is 0 Å². The van der Waals surface area contributed by atoms with E-state index in [4.69, 9.17) is 5.11 Å². The van der Waals surface area contributed by atoms with Crippen molar-refractivity contribution in [2.75, 3.05) is 0 Å². The number of aromatic nitrogens is 1. The molecule has 0 radical (unpaired) electrons. The van der Waals surface area contributed by atoms with Crippen molar-refractivity contribution in [3.8, 4) is 5.75 Å². The molecule has 4 heteroatoms. The first kappa shape index (κ1) is 10.4. The van der Waals surface area contributed by atoms with Crippen molar-refractivity contribution in [1.82, 2.24) is 4.57 Å². The van der Waals surface area contributed by atoms with E-state index in [0.717, 1.165) is 0 Å². The summed E-state index contributed by atoms with van der Waals surface area (Å²) in [5, 5.41) is 9.05. The summed E-state index contributed by atoms with van der Waals surface area (Å²) in [5.74, 6) is -0.162. The van der Waals surface area contributed by atoms with Gasteiger partial charge in [-0.1, -0.05) is 0 Å². The van der Waals surface area contributed by atoms with Crippen molar-refractivity contribution < 1.29 is 24.6 Å². The van der Waals surface area contributed by atoms with E-state index in [-0.39, 0.29) is 30.7 Å². The maximum absolute atomic E-state index is 10.7. The molecule has 1 aromatic heterocycles. The molecule has 3 nitrogen and oxygen atoms in total. The first-order chi connectivity index (χ1) is 4.63. The number of pyridine rings is 1. The zero-order valence-electron chi connectivity index (χ0n) is 6.66. The fraction of sp³-hybridized carbons (Fsp3) is 0.286. The summed E-state index contributed by atoms with van der Waals surface area (Å²) < 4.78 is 1.69. The average molecular weight is 205 g/mol. The molecule has 0 aliphatic heterocycles. The quantitative estimate of drug-likeness (QED) is 0.622. The standard InChI is InChI=1S/C7H9NO2.Zn/c1-5-7(10)6(9)3-4-8(5)2;/h3-4,10H,1-2H3;. The van der Waals surface area contributed by atoms with Crippen LogP contribution in [0.4, 0.5) is 0 Å². The van der Waals surface area contributed by atoms with Gasteiger partial charge in [-0.25, -0.2) is 0 Å². The molecule has 1 N–H and O–H groups in total. The molecular weight excluding hydrogens is 195 g/mol. The topological polar surface area (TPSA) is 42.2 Å². The molecule has 56 valence electrons. The Hall–Kier alpha value is -0.627. The second-order valence-corrected chi connectivity index (χ2v) is 2.22. The van der Waals surface area contributed by atoms with Crippen LogP contribution >= 0.6 is 0 Å². The van der Waals surface area contributed by atoms with Crippen LogP contribution in [0.25, 0.3) is 0 Å². The summed E-state index contributed by atoms with van der Waals surface area (Å²) in [7, 11) is 1.77. The van der Waals surface area contributed by atoms with Crippen LogP contribution in [-0.4, -0.2) is 9.67 Å². The van der Waals surface area contributed by atoms with Gasteiger partial charge >= 0.3 is 0 Å². The van der Waals surface area contributed by atoms with E-state index in [1.54, 1.807) is 24.7 Å². The van der Waals surface area contributed by atoms with Crippen LogP contribution in [0, 0.1) is 6.92 Å². The maximum Gasteiger partial charge on any atom is 0.223 e. The minimum atomic E-state index is -0.324. The molecular formula is C7H9NO2Zn. The SMILES string of the molecule is Cc1c(O)c(=O)ccn1C.[Zn]. The van der Waals surface area contributed by atoms with Gasteiger partial charge in [0.15, 0.2) is 5.75 Å². The summed E-state index contributed by atoms with van der Waals surface area (Å²) in [6.45, 7) is 1.69. The van der Waals surface area contributed by atoms with Gasteiger partial charge in [-0.2, -0.15) is 0 Å². The van der Waals surface area contributed by atoms with E-state index in [9.17, 15) is 4.79 Å². The Kier molecular flexibility index (Phi) is 3.47. The molecule has 0 atom stereocenters. The zero-order chi connectivity index (χ0) is 7.72. The molecule has 0 aliphatic rings. The van der Waals surface area contributed by atoms with Crippen molar-refractivity contribution in [3.63, 3.8) is 0 Å². The fourth-order valence-electron chi connectivity index (χ4n) is 0.716. The van der Waals surface area contributed by atoms with Crippen LogP contribution in [0.1, 0.15) is 5.69 Å². The van der Waals surface area contributed by atoms with E-state index in [1.165, 1.54) is 6.07 Å². The smallest absolute Gasteiger partial charge is 0.223 e. The third-order valence-electron chi connectivity index (χ3n) is 1.55. The third kappa shape index (κ3) is 1.90. The predicted molar refractivity (Wildman–Crippen MR) is 38.1 cm³/mol. The number of aromatic hydroxyl groups is 1. The van der Waals surface area contributed by atoms with E-state index < -0.39 is 0 Å². The minimum absolute atomic E-state index is 0. The molecule has 0 aromatic carbocycles. The summed E-state index contributed by atoms with van der Waals surface area (Å²) in [6, 6.07) is 1.34. The molecule has 1 heterocycles. The maximum atomic E-state index is 10.7. The van der Waals surface area contributed by atoms with E-state index in [2.05, 4.69) is 0 Å². The second-order valence-electron chi connectivity index (χ2n) is 2.22. The van der Waals surface area contributed by atoms with Crippen molar-refractivity contribution in [2.24, 2.45) is 7.05 Å². The van der Waals surface area contributed by atoms with E-state index in [1.807, 2.05) is 0 Å².